The van der Waals surface area contributed by atoms with Crippen LogP contribution in [0.2, 0.25) is 0 Å². The van der Waals surface area contributed by atoms with E-state index < -0.39 is 0 Å². The maximum absolute atomic E-state index is 9.07. The Balaban J connectivity index is 2.34. The molecule has 0 saturated heterocycles. The molecular weight excluding hydrogens is 172 g/mol. The molecule has 1 heteroatoms. The molecule has 0 radical (unpaired) electrons. The molecule has 2 unspecified atom stereocenters. The van der Waals surface area contributed by atoms with Crippen LogP contribution in [0.1, 0.15) is 34.6 Å². The fourth-order valence-corrected chi connectivity index (χ4v) is 2.58. The summed E-state index contributed by atoms with van der Waals surface area (Å²) in [5.74, 6) is 1.15. The van der Waals surface area contributed by atoms with Gasteiger partial charge in [-0.1, -0.05) is 17.7 Å². The Morgan fingerprint density at radius 1 is 1.21 bits per heavy atom. The van der Waals surface area contributed by atoms with E-state index in [0.717, 1.165) is 0 Å². The summed E-state index contributed by atoms with van der Waals surface area (Å²) in [5, 5.41) is 9.07. The summed E-state index contributed by atoms with van der Waals surface area (Å²) in [6, 6.07) is 4.49. The number of hydrogen-bond acceptors (Lipinski definition) is 1. The van der Waals surface area contributed by atoms with E-state index >= 15 is 0 Å². The second-order valence-corrected chi connectivity index (χ2v) is 4.60. The number of hydrogen-bond donors (Lipinski definition) is 1. The number of rotatable bonds is 2. The van der Waals surface area contributed by atoms with Crippen LogP contribution in [0, 0.1) is 26.7 Å². The van der Waals surface area contributed by atoms with E-state index in [4.69, 9.17) is 5.11 Å². The van der Waals surface area contributed by atoms with Gasteiger partial charge in [0.2, 0.25) is 0 Å². The lowest BCUT2D eigenvalue weighted by Crippen LogP contribution is -1.96. The van der Waals surface area contributed by atoms with Gasteiger partial charge in [0.05, 0.1) is 0 Å². The van der Waals surface area contributed by atoms with Crippen molar-refractivity contribution in [2.75, 3.05) is 6.61 Å². The van der Waals surface area contributed by atoms with Crippen molar-refractivity contribution in [2.45, 2.75) is 33.1 Å². The number of benzene rings is 1. The van der Waals surface area contributed by atoms with Crippen LogP contribution in [-0.2, 0) is 0 Å². The largest absolute Gasteiger partial charge is 0.396 e. The zero-order chi connectivity index (χ0) is 10.3. The fraction of sp³-hybridized carbons (Fsp3) is 0.538. The highest BCUT2D eigenvalue weighted by Gasteiger charge is 2.39. The average Bonchev–Trinajstić information content (AvgIpc) is 2.81. The van der Waals surface area contributed by atoms with Crippen LogP contribution in [0.5, 0.6) is 0 Å². The maximum atomic E-state index is 9.07. The predicted molar refractivity (Wildman–Crippen MR) is 58.6 cm³/mol. The topological polar surface area (TPSA) is 20.2 Å². The Morgan fingerprint density at radius 3 is 2.21 bits per heavy atom. The van der Waals surface area contributed by atoms with Gasteiger partial charge in [0.1, 0.15) is 0 Å². The number of aliphatic hydroxyl groups is 1. The maximum Gasteiger partial charge on any atom is 0.0465 e. The van der Waals surface area contributed by atoms with Crippen LogP contribution >= 0.6 is 0 Å². The molecule has 76 valence electrons. The standard InChI is InChI=1S/C13H18O/c1-8-4-9(2)13(10(3)5-8)12-6-11(12)7-14/h4-5,11-12,14H,6-7H2,1-3H3. The van der Waals surface area contributed by atoms with E-state index in [1.54, 1.807) is 0 Å². The van der Waals surface area contributed by atoms with Crippen molar-refractivity contribution in [3.05, 3.63) is 34.4 Å². The van der Waals surface area contributed by atoms with Gasteiger partial charge in [0.15, 0.2) is 0 Å². The minimum Gasteiger partial charge on any atom is -0.396 e. The average molecular weight is 190 g/mol. The van der Waals surface area contributed by atoms with Gasteiger partial charge in [-0.25, -0.2) is 0 Å². The zero-order valence-corrected chi connectivity index (χ0v) is 9.17. The molecule has 0 amide bonds. The molecule has 1 saturated carbocycles. The highest BCUT2D eigenvalue weighted by Crippen LogP contribution is 2.49. The lowest BCUT2D eigenvalue weighted by atomic mass is 9.95. The first-order chi connectivity index (χ1) is 6.63. The Labute approximate surface area is 85.8 Å². The molecule has 1 nitrogen and oxygen atoms in total. The van der Waals surface area contributed by atoms with Crippen LogP contribution in [0.15, 0.2) is 12.1 Å². The first-order valence-corrected chi connectivity index (χ1v) is 5.32. The lowest BCUT2D eigenvalue weighted by Gasteiger charge is -2.10. The SMILES string of the molecule is Cc1cc(C)c(C2CC2CO)c(C)c1. The van der Waals surface area contributed by atoms with Gasteiger partial charge in [-0.2, -0.15) is 0 Å². The molecule has 2 rings (SSSR count). The summed E-state index contributed by atoms with van der Waals surface area (Å²) >= 11 is 0. The third-order valence-corrected chi connectivity index (χ3v) is 3.27. The number of aryl methyl sites for hydroxylation is 3. The van der Waals surface area contributed by atoms with Crippen molar-refractivity contribution in [1.29, 1.82) is 0 Å². The van der Waals surface area contributed by atoms with Crippen LogP contribution in [0.4, 0.5) is 0 Å². The van der Waals surface area contributed by atoms with Crippen molar-refractivity contribution in [3.63, 3.8) is 0 Å². The number of aliphatic hydroxyl groups excluding tert-OH is 1. The molecule has 1 aliphatic rings. The van der Waals surface area contributed by atoms with E-state index in [2.05, 4.69) is 32.9 Å². The fourth-order valence-electron chi connectivity index (χ4n) is 2.58. The molecule has 14 heavy (non-hydrogen) atoms. The second-order valence-electron chi connectivity index (χ2n) is 4.60. The van der Waals surface area contributed by atoms with Crippen molar-refractivity contribution in [1.82, 2.24) is 0 Å². The molecule has 1 aromatic carbocycles. The minimum atomic E-state index is 0.345. The van der Waals surface area contributed by atoms with Crippen molar-refractivity contribution >= 4 is 0 Å². The first-order valence-electron chi connectivity index (χ1n) is 5.32. The van der Waals surface area contributed by atoms with E-state index in [1.165, 1.54) is 28.7 Å². The molecule has 1 N–H and O–H groups in total. The highest BCUT2D eigenvalue weighted by atomic mass is 16.3. The molecular formula is C13H18O. The van der Waals surface area contributed by atoms with Gasteiger partial charge < -0.3 is 5.11 Å². The van der Waals surface area contributed by atoms with Gasteiger partial charge in [0, 0.05) is 6.61 Å². The molecule has 0 bridgehead atoms. The molecule has 1 aliphatic carbocycles. The van der Waals surface area contributed by atoms with Crippen molar-refractivity contribution < 1.29 is 5.11 Å². The van der Waals surface area contributed by atoms with Crippen LogP contribution in [0.25, 0.3) is 0 Å². The molecule has 0 heterocycles. The lowest BCUT2D eigenvalue weighted by molar-refractivity contribution is 0.274. The molecule has 0 aromatic heterocycles. The van der Waals surface area contributed by atoms with Crippen LogP contribution < -0.4 is 0 Å². The van der Waals surface area contributed by atoms with Gasteiger partial charge >= 0.3 is 0 Å². The van der Waals surface area contributed by atoms with E-state index in [1.807, 2.05) is 0 Å². The Morgan fingerprint density at radius 2 is 1.79 bits per heavy atom. The molecule has 1 fully saturated rings. The van der Waals surface area contributed by atoms with E-state index in [9.17, 15) is 0 Å². The molecule has 2 atom stereocenters. The van der Waals surface area contributed by atoms with Crippen molar-refractivity contribution in [2.24, 2.45) is 5.92 Å². The highest BCUT2D eigenvalue weighted by molar-refractivity contribution is 5.42. The third kappa shape index (κ3) is 1.57. The van der Waals surface area contributed by atoms with Gasteiger partial charge in [-0.3, -0.25) is 0 Å². The zero-order valence-electron chi connectivity index (χ0n) is 9.17. The first kappa shape index (κ1) is 9.72. The van der Waals surface area contributed by atoms with Crippen LogP contribution in [0.3, 0.4) is 0 Å². The van der Waals surface area contributed by atoms with Gasteiger partial charge in [0.25, 0.3) is 0 Å². The normalized spacial score (nSPS) is 25.1. The summed E-state index contributed by atoms with van der Waals surface area (Å²) in [4.78, 5) is 0. The predicted octanol–water partition coefficient (Wildman–Crippen LogP) is 2.71. The summed E-state index contributed by atoms with van der Waals surface area (Å²) < 4.78 is 0. The Bertz CT molecular complexity index is 331. The Kier molecular flexibility index (Phi) is 2.36. The molecule has 1 aromatic rings. The molecule has 0 spiro atoms. The monoisotopic (exact) mass is 190 g/mol. The minimum absolute atomic E-state index is 0.345. The van der Waals surface area contributed by atoms with Crippen molar-refractivity contribution in [3.8, 4) is 0 Å². The third-order valence-electron chi connectivity index (χ3n) is 3.27. The van der Waals surface area contributed by atoms with E-state index in [0.29, 0.717) is 18.4 Å². The smallest absolute Gasteiger partial charge is 0.0465 e. The summed E-state index contributed by atoms with van der Waals surface area (Å²) in [7, 11) is 0. The molecule has 0 aliphatic heterocycles. The summed E-state index contributed by atoms with van der Waals surface area (Å²) in [6.45, 7) is 6.85. The Hall–Kier alpha value is -0.820. The van der Waals surface area contributed by atoms with Crippen LogP contribution in [-0.4, -0.2) is 11.7 Å². The van der Waals surface area contributed by atoms with Gasteiger partial charge in [-0.15, -0.1) is 0 Å². The van der Waals surface area contributed by atoms with Gasteiger partial charge in [-0.05, 0) is 55.7 Å². The quantitative estimate of drug-likeness (QED) is 0.760. The van der Waals surface area contributed by atoms with E-state index in [-0.39, 0.29) is 0 Å². The summed E-state index contributed by atoms with van der Waals surface area (Å²) in [6.07, 6.45) is 1.17. The summed E-state index contributed by atoms with van der Waals surface area (Å²) in [5.41, 5.74) is 5.60. The second kappa shape index (κ2) is 3.39.